The zero-order valence-electron chi connectivity index (χ0n) is 14.9. The molecule has 0 amide bonds. The normalized spacial score (nSPS) is 11.2. The summed E-state index contributed by atoms with van der Waals surface area (Å²) in [6, 6.07) is 24.3. The summed E-state index contributed by atoms with van der Waals surface area (Å²) < 4.78 is 14.9. The number of para-hydroxylation sites is 1. The minimum Gasteiger partial charge on any atom is -0.365 e. The topological polar surface area (TPSA) is 55.1 Å². The standard InChI is InChI=1S/C22H16FN5/c23-17-12-10-15(11-13-17)14-24-21-18-8-4-5-9-19(18)28-22(25-21)20(26-27-28)16-6-2-1-3-7-16/h1-13H,14H2,(H,24,25). The van der Waals surface area contributed by atoms with E-state index in [0.29, 0.717) is 12.2 Å². The summed E-state index contributed by atoms with van der Waals surface area (Å²) in [5, 5.41) is 13.0. The molecule has 6 heteroatoms. The molecule has 0 saturated heterocycles. The summed E-state index contributed by atoms with van der Waals surface area (Å²) in [7, 11) is 0. The molecule has 28 heavy (non-hydrogen) atoms. The number of hydrogen-bond acceptors (Lipinski definition) is 4. The van der Waals surface area contributed by atoms with Gasteiger partial charge in [-0.3, -0.25) is 0 Å². The van der Waals surface area contributed by atoms with Gasteiger partial charge in [0.2, 0.25) is 0 Å². The van der Waals surface area contributed by atoms with Crippen LogP contribution in [0.2, 0.25) is 0 Å². The molecule has 0 fully saturated rings. The van der Waals surface area contributed by atoms with Gasteiger partial charge in [-0.05, 0) is 29.8 Å². The van der Waals surface area contributed by atoms with Gasteiger partial charge in [-0.1, -0.05) is 59.8 Å². The van der Waals surface area contributed by atoms with E-state index in [4.69, 9.17) is 4.98 Å². The van der Waals surface area contributed by atoms with Crippen LogP contribution in [0.5, 0.6) is 0 Å². The van der Waals surface area contributed by atoms with Gasteiger partial charge in [0.25, 0.3) is 0 Å². The number of halogens is 1. The van der Waals surface area contributed by atoms with Gasteiger partial charge in [-0.15, -0.1) is 5.10 Å². The molecule has 2 aromatic heterocycles. The highest BCUT2D eigenvalue weighted by atomic mass is 19.1. The van der Waals surface area contributed by atoms with Crippen molar-refractivity contribution in [1.29, 1.82) is 0 Å². The minimum atomic E-state index is -0.244. The average molecular weight is 369 g/mol. The molecule has 3 aromatic carbocycles. The van der Waals surface area contributed by atoms with Crippen LogP contribution in [0.15, 0.2) is 78.9 Å². The van der Waals surface area contributed by atoms with Crippen molar-refractivity contribution in [3.8, 4) is 11.3 Å². The first-order valence-electron chi connectivity index (χ1n) is 8.97. The Morgan fingerprint density at radius 3 is 2.43 bits per heavy atom. The summed E-state index contributed by atoms with van der Waals surface area (Å²) in [4.78, 5) is 4.83. The monoisotopic (exact) mass is 369 g/mol. The summed E-state index contributed by atoms with van der Waals surface area (Å²) in [6.07, 6.45) is 0. The van der Waals surface area contributed by atoms with E-state index in [1.807, 2.05) is 54.6 Å². The molecule has 0 unspecified atom stereocenters. The van der Waals surface area contributed by atoms with Crippen LogP contribution in [0.4, 0.5) is 10.2 Å². The zero-order chi connectivity index (χ0) is 18.9. The number of fused-ring (bicyclic) bond motifs is 3. The third-order valence-electron chi connectivity index (χ3n) is 4.67. The van der Waals surface area contributed by atoms with Crippen LogP contribution in [0.3, 0.4) is 0 Å². The SMILES string of the molecule is Fc1ccc(CNc2nc3c(-c4ccccc4)nnn3c3ccccc23)cc1. The van der Waals surface area contributed by atoms with Gasteiger partial charge in [0.1, 0.15) is 17.3 Å². The Balaban J connectivity index is 1.63. The third kappa shape index (κ3) is 2.85. The number of benzene rings is 3. The Bertz CT molecular complexity index is 1260. The third-order valence-corrected chi connectivity index (χ3v) is 4.67. The smallest absolute Gasteiger partial charge is 0.186 e. The van der Waals surface area contributed by atoms with Gasteiger partial charge in [0.05, 0.1) is 5.52 Å². The van der Waals surface area contributed by atoms with Crippen molar-refractivity contribution in [2.45, 2.75) is 6.54 Å². The maximum atomic E-state index is 13.2. The Labute approximate surface area is 160 Å². The number of rotatable bonds is 4. The van der Waals surface area contributed by atoms with Crippen LogP contribution in [-0.2, 0) is 6.54 Å². The highest BCUT2D eigenvalue weighted by Crippen LogP contribution is 2.28. The molecule has 0 aliphatic carbocycles. The lowest BCUT2D eigenvalue weighted by Gasteiger charge is -2.10. The fourth-order valence-electron chi connectivity index (χ4n) is 3.27. The van der Waals surface area contributed by atoms with E-state index >= 15 is 0 Å². The Morgan fingerprint density at radius 2 is 1.61 bits per heavy atom. The highest BCUT2D eigenvalue weighted by molar-refractivity contribution is 5.93. The first-order valence-corrected chi connectivity index (χ1v) is 8.97. The molecule has 0 aliphatic heterocycles. The molecule has 0 spiro atoms. The number of nitrogens with zero attached hydrogens (tertiary/aromatic N) is 4. The van der Waals surface area contributed by atoms with Crippen LogP contribution in [0.1, 0.15) is 5.56 Å². The average Bonchev–Trinajstić information content (AvgIpc) is 3.18. The lowest BCUT2D eigenvalue weighted by Crippen LogP contribution is -2.05. The highest BCUT2D eigenvalue weighted by Gasteiger charge is 2.15. The second kappa shape index (κ2) is 6.74. The van der Waals surface area contributed by atoms with Gasteiger partial charge in [-0.2, -0.15) is 4.52 Å². The molecule has 5 nitrogen and oxygen atoms in total. The number of hydrogen-bond donors (Lipinski definition) is 1. The van der Waals surface area contributed by atoms with E-state index in [-0.39, 0.29) is 5.82 Å². The van der Waals surface area contributed by atoms with Gasteiger partial charge in [0.15, 0.2) is 5.65 Å². The number of anilines is 1. The molecule has 1 N–H and O–H groups in total. The maximum absolute atomic E-state index is 13.2. The zero-order valence-corrected chi connectivity index (χ0v) is 14.9. The van der Waals surface area contributed by atoms with E-state index in [0.717, 1.165) is 33.5 Å². The second-order valence-corrected chi connectivity index (χ2v) is 6.50. The summed E-state index contributed by atoms with van der Waals surface area (Å²) in [5.41, 5.74) is 4.28. The van der Waals surface area contributed by atoms with Crippen molar-refractivity contribution in [2.24, 2.45) is 0 Å². The summed E-state index contributed by atoms with van der Waals surface area (Å²) >= 11 is 0. The molecular formula is C22H16FN5. The van der Waals surface area contributed by atoms with E-state index in [1.165, 1.54) is 12.1 Å². The largest absolute Gasteiger partial charge is 0.365 e. The fourth-order valence-corrected chi connectivity index (χ4v) is 3.27. The van der Waals surface area contributed by atoms with Crippen LogP contribution in [0, 0.1) is 5.82 Å². The second-order valence-electron chi connectivity index (χ2n) is 6.50. The van der Waals surface area contributed by atoms with Crippen LogP contribution in [0.25, 0.3) is 27.8 Å². The van der Waals surface area contributed by atoms with E-state index in [9.17, 15) is 4.39 Å². The summed E-state index contributed by atoms with van der Waals surface area (Å²) in [6.45, 7) is 0.537. The molecule has 5 rings (SSSR count). The molecule has 0 bridgehead atoms. The molecule has 2 heterocycles. The number of aromatic nitrogens is 4. The first-order chi connectivity index (χ1) is 13.8. The Morgan fingerprint density at radius 1 is 0.857 bits per heavy atom. The molecule has 136 valence electrons. The quantitative estimate of drug-likeness (QED) is 0.499. The number of nitrogens with one attached hydrogen (secondary N) is 1. The Kier molecular flexibility index (Phi) is 3.94. The molecular weight excluding hydrogens is 353 g/mol. The van der Waals surface area contributed by atoms with Crippen LogP contribution < -0.4 is 5.32 Å². The van der Waals surface area contributed by atoms with Crippen molar-refractivity contribution in [2.75, 3.05) is 5.32 Å². The van der Waals surface area contributed by atoms with Gasteiger partial charge >= 0.3 is 0 Å². The van der Waals surface area contributed by atoms with Crippen molar-refractivity contribution < 1.29 is 4.39 Å². The lowest BCUT2D eigenvalue weighted by molar-refractivity contribution is 0.627. The first kappa shape index (κ1) is 16.4. The lowest BCUT2D eigenvalue weighted by atomic mass is 10.1. The fraction of sp³-hybridized carbons (Fsp3) is 0.0455. The van der Waals surface area contributed by atoms with E-state index < -0.39 is 0 Å². The van der Waals surface area contributed by atoms with Crippen molar-refractivity contribution >= 4 is 22.4 Å². The van der Waals surface area contributed by atoms with E-state index in [1.54, 1.807) is 16.6 Å². The van der Waals surface area contributed by atoms with Crippen molar-refractivity contribution in [1.82, 2.24) is 19.8 Å². The van der Waals surface area contributed by atoms with Crippen molar-refractivity contribution in [3.63, 3.8) is 0 Å². The Hall–Kier alpha value is -3.80. The van der Waals surface area contributed by atoms with Crippen LogP contribution in [-0.4, -0.2) is 19.8 Å². The van der Waals surface area contributed by atoms with E-state index in [2.05, 4.69) is 15.6 Å². The molecule has 0 radical (unpaired) electrons. The molecule has 0 saturated carbocycles. The minimum absolute atomic E-state index is 0.244. The predicted octanol–water partition coefficient (Wildman–Crippen LogP) is 4.70. The molecule has 5 aromatic rings. The maximum Gasteiger partial charge on any atom is 0.186 e. The molecule has 0 atom stereocenters. The molecule has 0 aliphatic rings. The van der Waals surface area contributed by atoms with Crippen molar-refractivity contribution in [3.05, 3.63) is 90.2 Å². The van der Waals surface area contributed by atoms with Gasteiger partial charge < -0.3 is 5.32 Å². The summed E-state index contributed by atoms with van der Waals surface area (Å²) in [5.74, 6) is 0.499. The van der Waals surface area contributed by atoms with Crippen LogP contribution >= 0.6 is 0 Å². The van der Waals surface area contributed by atoms with Gasteiger partial charge in [0, 0.05) is 17.5 Å². The van der Waals surface area contributed by atoms with Gasteiger partial charge in [-0.25, -0.2) is 9.37 Å². The predicted molar refractivity (Wildman–Crippen MR) is 107 cm³/mol.